The normalized spacial score (nSPS) is 25.9. The number of hydrogen-bond donors (Lipinski definition) is 1. The first kappa shape index (κ1) is 17.5. The number of aliphatic hydroxyl groups is 1. The Morgan fingerprint density at radius 1 is 1.08 bits per heavy atom. The standard InChI is InChI=1S/C21H31NO2/c1-21(2,3)18-9-5-4-7-16(18)15-11-13-22(14-12-15)20(24)17-8-6-10-19(17)23/h4-5,7,9,15,17,19,23H,6,8,10-14H2,1-3H3/t17?,19-/m0/s1. The van der Waals surface area contributed by atoms with Gasteiger partial charge in [-0.25, -0.2) is 0 Å². The molecule has 1 saturated heterocycles. The van der Waals surface area contributed by atoms with Crippen LogP contribution >= 0.6 is 0 Å². The number of carbonyl (C=O) groups is 1. The lowest BCUT2D eigenvalue weighted by molar-refractivity contribution is -0.139. The van der Waals surface area contributed by atoms with Gasteiger partial charge in [0.2, 0.25) is 5.91 Å². The maximum absolute atomic E-state index is 12.6. The van der Waals surface area contributed by atoms with Crippen LogP contribution in [0.5, 0.6) is 0 Å². The largest absolute Gasteiger partial charge is 0.392 e. The monoisotopic (exact) mass is 329 g/mol. The highest BCUT2D eigenvalue weighted by atomic mass is 16.3. The molecule has 1 aliphatic heterocycles. The van der Waals surface area contributed by atoms with E-state index in [4.69, 9.17) is 0 Å². The van der Waals surface area contributed by atoms with Crippen molar-refractivity contribution in [1.29, 1.82) is 0 Å². The van der Waals surface area contributed by atoms with Gasteiger partial charge in [-0.1, -0.05) is 45.0 Å². The van der Waals surface area contributed by atoms with Crippen LogP contribution in [0, 0.1) is 5.92 Å². The lowest BCUT2D eigenvalue weighted by Crippen LogP contribution is -2.43. The van der Waals surface area contributed by atoms with Crippen LogP contribution in [0.4, 0.5) is 0 Å². The van der Waals surface area contributed by atoms with Gasteiger partial charge in [0.15, 0.2) is 0 Å². The Morgan fingerprint density at radius 2 is 1.75 bits per heavy atom. The van der Waals surface area contributed by atoms with Crippen LogP contribution in [0.1, 0.15) is 69.9 Å². The van der Waals surface area contributed by atoms with Crippen molar-refractivity contribution in [2.24, 2.45) is 5.92 Å². The van der Waals surface area contributed by atoms with Crippen molar-refractivity contribution in [2.75, 3.05) is 13.1 Å². The van der Waals surface area contributed by atoms with Crippen LogP contribution < -0.4 is 0 Å². The third kappa shape index (κ3) is 3.51. The van der Waals surface area contributed by atoms with Crippen LogP contribution in [-0.2, 0) is 10.2 Å². The van der Waals surface area contributed by atoms with E-state index in [0.29, 0.717) is 5.92 Å². The summed E-state index contributed by atoms with van der Waals surface area (Å²) in [4.78, 5) is 14.6. The van der Waals surface area contributed by atoms with Gasteiger partial charge in [-0.15, -0.1) is 0 Å². The molecule has 2 atom stereocenters. The molecule has 24 heavy (non-hydrogen) atoms. The molecule has 1 amide bonds. The highest BCUT2D eigenvalue weighted by Crippen LogP contribution is 2.36. The first-order valence-corrected chi connectivity index (χ1v) is 9.44. The van der Waals surface area contributed by atoms with E-state index in [9.17, 15) is 9.90 Å². The summed E-state index contributed by atoms with van der Waals surface area (Å²) in [6.07, 6.45) is 4.26. The van der Waals surface area contributed by atoms with Crippen molar-refractivity contribution in [2.45, 2.75) is 70.3 Å². The molecule has 1 aliphatic carbocycles. The molecule has 0 aromatic heterocycles. The van der Waals surface area contributed by atoms with Crippen molar-refractivity contribution in [3.63, 3.8) is 0 Å². The summed E-state index contributed by atoms with van der Waals surface area (Å²) < 4.78 is 0. The van der Waals surface area contributed by atoms with E-state index in [2.05, 4.69) is 45.0 Å². The Labute approximate surface area is 146 Å². The molecule has 0 bridgehead atoms. The number of benzene rings is 1. The summed E-state index contributed by atoms with van der Waals surface area (Å²) in [7, 11) is 0. The predicted octanol–water partition coefficient (Wildman–Crippen LogP) is 3.85. The second-order valence-corrected chi connectivity index (χ2v) is 8.54. The number of hydrogen-bond acceptors (Lipinski definition) is 2. The number of aliphatic hydroxyl groups excluding tert-OH is 1. The van der Waals surface area contributed by atoms with E-state index in [-0.39, 0.29) is 17.2 Å². The first-order valence-electron chi connectivity index (χ1n) is 9.44. The van der Waals surface area contributed by atoms with Gasteiger partial charge in [0.25, 0.3) is 0 Å². The lowest BCUT2D eigenvalue weighted by Gasteiger charge is -2.36. The Kier molecular flexibility index (Phi) is 5.00. The first-order chi connectivity index (χ1) is 11.4. The van der Waals surface area contributed by atoms with Crippen molar-refractivity contribution < 1.29 is 9.90 Å². The fraction of sp³-hybridized carbons (Fsp3) is 0.667. The van der Waals surface area contributed by atoms with Crippen LogP contribution in [0.3, 0.4) is 0 Å². The molecular weight excluding hydrogens is 298 g/mol. The highest BCUT2D eigenvalue weighted by molar-refractivity contribution is 5.79. The van der Waals surface area contributed by atoms with Gasteiger partial charge >= 0.3 is 0 Å². The average Bonchev–Trinajstić information content (AvgIpc) is 2.99. The Balaban J connectivity index is 1.67. The van der Waals surface area contributed by atoms with Crippen LogP contribution in [-0.4, -0.2) is 35.1 Å². The lowest BCUT2D eigenvalue weighted by atomic mass is 9.77. The summed E-state index contributed by atoms with van der Waals surface area (Å²) in [6.45, 7) is 8.46. The van der Waals surface area contributed by atoms with Gasteiger partial charge in [0, 0.05) is 13.1 Å². The predicted molar refractivity (Wildman–Crippen MR) is 97.0 cm³/mol. The van der Waals surface area contributed by atoms with Crippen LogP contribution in [0.2, 0.25) is 0 Å². The minimum Gasteiger partial charge on any atom is -0.392 e. The summed E-state index contributed by atoms with van der Waals surface area (Å²) >= 11 is 0. The molecule has 0 radical (unpaired) electrons. The second kappa shape index (κ2) is 6.87. The molecule has 1 aromatic rings. The molecule has 1 aromatic carbocycles. The Morgan fingerprint density at radius 3 is 2.33 bits per heavy atom. The molecule has 2 fully saturated rings. The maximum Gasteiger partial charge on any atom is 0.228 e. The molecule has 1 heterocycles. The minimum absolute atomic E-state index is 0.150. The van der Waals surface area contributed by atoms with E-state index in [1.165, 1.54) is 11.1 Å². The number of nitrogens with zero attached hydrogens (tertiary/aromatic N) is 1. The van der Waals surface area contributed by atoms with E-state index in [0.717, 1.165) is 45.2 Å². The Hall–Kier alpha value is -1.35. The number of carbonyl (C=O) groups excluding carboxylic acids is 1. The van der Waals surface area contributed by atoms with Gasteiger partial charge < -0.3 is 10.0 Å². The molecule has 2 aliphatic rings. The van der Waals surface area contributed by atoms with Gasteiger partial charge in [-0.2, -0.15) is 0 Å². The van der Waals surface area contributed by atoms with Gasteiger partial charge in [0.05, 0.1) is 12.0 Å². The topological polar surface area (TPSA) is 40.5 Å². The molecule has 3 rings (SSSR count). The fourth-order valence-electron chi connectivity index (χ4n) is 4.41. The van der Waals surface area contributed by atoms with Crippen molar-refractivity contribution in [3.8, 4) is 0 Å². The second-order valence-electron chi connectivity index (χ2n) is 8.54. The number of amides is 1. The zero-order chi connectivity index (χ0) is 17.3. The van der Waals surface area contributed by atoms with Gasteiger partial charge in [-0.05, 0) is 54.6 Å². The van der Waals surface area contributed by atoms with Crippen molar-refractivity contribution in [1.82, 2.24) is 4.90 Å². The molecule has 1 unspecified atom stereocenters. The fourth-order valence-corrected chi connectivity index (χ4v) is 4.41. The molecule has 1 saturated carbocycles. The zero-order valence-corrected chi connectivity index (χ0v) is 15.3. The SMILES string of the molecule is CC(C)(C)c1ccccc1C1CCN(C(=O)C2CCC[C@@H]2O)CC1. The summed E-state index contributed by atoms with van der Waals surface area (Å²) in [5.74, 6) is 0.573. The molecule has 132 valence electrons. The van der Waals surface area contributed by atoms with Gasteiger partial charge in [-0.3, -0.25) is 4.79 Å². The maximum atomic E-state index is 12.6. The van der Waals surface area contributed by atoms with E-state index in [1.54, 1.807) is 0 Å². The quantitative estimate of drug-likeness (QED) is 0.895. The molecule has 0 spiro atoms. The van der Waals surface area contributed by atoms with Crippen LogP contribution in [0.15, 0.2) is 24.3 Å². The number of likely N-dealkylation sites (tertiary alicyclic amines) is 1. The third-order valence-electron chi connectivity index (χ3n) is 5.81. The summed E-state index contributed by atoms with van der Waals surface area (Å²) in [5, 5.41) is 10.00. The smallest absolute Gasteiger partial charge is 0.228 e. The Bertz CT molecular complexity index is 582. The number of piperidine rings is 1. The van der Waals surface area contributed by atoms with Crippen molar-refractivity contribution >= 4 is 5.91 Å². The number of rotatable bonds is 2. The third-order valence-corrected chi connectivity index (χ3v) is 5.81. The summed E-state index contributed by atoms with van der Waals surface area (Å²) in [6, 6.07) is 8.78. The molecule has 3 nitrogen and oxygen atoms in total. The average molecular weight is 329 g/mol. The highest BCUT2D eigenvalue weighted by Gasteiger charge is 2.36. The molecular formula is C21H31NO2. The van der Waals surface area contributed by atoms with Gasteiger partial charge in [0.1, 0.15) is 0 Å². The van der Waals surface area contributed by atoms with Crippen LogP contribution in [0.25, 0.3) is 0 Å². The van der Waals surface area contributed by atoms with Crippen molar-refractivity contribution in [3.05, 3.63) is 35.4 Å². The summed E-state index contributed by atoms with van der Waals surface area (Å²) in [5.41, 5.74) is 3.04. The minimum atomic E-state index is -0.420. The molecule has 3 heteroatoms. The molecule has 1 N–H and O–H groups in total. The zero-order valence-electron chi connectivity index (χ0n) is 15.3. The van der Waals surface area contributed by atoms with E-state index in [1.807, 2.05) is 4.90 Å². The van der Waals surface area contributed by atoms with E-state index < -0.39 is 6.10 Å². The van der Waals surface area contributed by atoms with E-state index >= 15 is 0 Å².